The van der Waals surface area contributed by atoms with E-state index in [0.29, 0.717) is 5.92 Å². The van der Waals surface area contributed by atoms with Gasteiger partial charge in [-0.3, -0.25) is 4.79 Å². The maximum absolute atomic E-state index is 12.6. The molecule has 0 bridgehead atoms. The SMILES string of the molecule is CN(C)c1ccc(S(=O)(=O)CC(=O)NC(c2ccccc2)C2CC2)cc1. The van der Waals surface area contributed by atoms with Gasteiger partial charge >= 0.3 is 0 Å². The zero-order valence-corrected chi connectivity index (χ0v) is 15.9. The normalized spacial score (nSPS) is 15.3. The van der Waals surface area contributed by atoms with Gasteiger partial charge in [0.1, 0.15) is 5.75 Å². The van der Waals surface area contributed by atoms with E-state index in [9.17, 15) is 13.2 Å². The van der Waals surface area contributed by atoms with Crippen LogP contribution < -0.4 is 10.2 Å². The van der Waals surface area contributed by atoms with Crippen LogP contribution in [0.2, 0.25) is 0 Å². The number of hydrogen-bond acceptors (Lipinski definition) is 4. The van der Waals surface area contributed by atoms with Crippen LogP contribution in [0.3, 0.4) is 0 Å². The van der Waals surface area contributed by atoms with Crippen LogP contribution in [-0.4, -0.2) is 34.2 Å². The number of sulfone groups is 1. The lowest BCUT2D eigenvalue weighted by atomic mass is 10.0. The molecule has 5 nitrogen and oxygen atoms in total. The monoisotopic (exact) mass is 372 g/mol. The van der Waals surface area contributed by atoms with Crippen LogP contribution in [0.4, 0.5) is 5.69 Å². The van der Waals surface area contributed by atoms with Gasteiger partial charge in [-0.15, -0.1) is 0 Å². The first-order valence-corrected chi connectivity index (χ1v) is 10.4. The number of hydrogen-bond donors (Lipinski definition) is 1. The van der Waals surface area contributed by atoms with Crippen molar-refractivity contribution < 1.29 is 13.2 Å². The van der Waals surface area contributed by atoms with Gasteiger partial charge in [-0.1, -0.05) is 30.3 Å². The number of amides is 1. The topological polar surface area (TPSA) is 66.5 Å². The van der Waals surface area contributed by atoms with Crippen molar-refractivity contribution in [3.63, 3.8) is 0 Å². The maximum Gasteiger partial charge on any atom is 0.236 e. The Kier molecular flexibility index (Phi) is 5.32. The number of nitrogens with one attached hydrogen (secondary N) is 1. The van der Waals surface area contributed by atoms with Crippen LogP contribution in [0.25, 0.3) is 0 Å². The third-order valence-electron chi connectivity index (χ3n) is 4.60. The Labute approximate surface area is 154 Å². The van der Waals surface area contributed by atoms with Crippen molar-refractivity contribution in [1.29, 1.82) is 0 Å². The van der Waals surface area contributed by atoms with Crippen molar-refractivity contribution in [3.8, 4) is 0 Å². The molecule has 1 amide bonds. The maximum atomic E-state index is 12.6. The summed E-state index contributed by atoms with van der Waals surface area (Å²) in [4.78, 5) is 14.5. The first kappa shape index (κ1) is 18.5. The van der Waals surface area contributed by atoms with Crippen molar-refractivity contribution in [2.75, 3.05) is 24.7 Å². The Morgan fingerprint density at radius 2 is 1.69 bits per heavy atom. The molecular weight excluding hydrogens is 348 g/mol. The molecule has 26 heavy (non-hydrogen) atoms. The number of rotatable bonds is 7. The summed E-state index contributed by atoms with van der Waals surface area (Å²) in [7, 11) is 0.109. The third-order valence-corrected chi connectivity index (χ3v) is 6.23. The molecular formula is C20H24N2O3S. The van der Waals surface area contributed by atoms with E-state index >= 15 is 0 Å². The number of nitrogens with zero attached hydrogens (tertiary/aromatic N) is 1. The van der Waals surface area contributed by atoms with Crippen molar-refractivity contribution in [3.05, 3.63) is 60.2 Å². The Balaban J connectivity index is 1.69. The van der Waals surface area contributed by atoms with Gasteiger partial charge in [0.15, 0.2) is 9.84 Å². The minimum absolute atomic E-state index is 0.116. The molecule has 1 fully saturated rings. The summed E-state index contributed by atoms with van der Waals surface area (Å²) in [5, 5.41) is 2.92. The molecule has 0 aliphatic heterocycles. The minimum Gasteiger partial charge on any atom is -0.378 e. The number of carbonyl (C=O) groups excluding carboxylic acids is 1. The van der Waals surface area contributed by atoms with E-state index in [1.54, 1.807) is 24.3 Å². The Morgan fingerprint density at radius 1 is 1.08 bits per heavy atom. The highest BCUT2D eigenvalue weighted by Crippen LogP contribution is 2.40. The number of carbonyl (C=O) groups is 1. The van der Waals surface area contributed by atoms with Crippen LogP contribution in [0.1, 0.15) is 24.4 Å². The van der Waals surface area contributed by atoms with Crippen LogP contribution >= 0.6 is 0 Å². The lowest BCUT2D eigenvalue weighted by Gasteiger charge is -2.19. The molecule has 2 aromatic rings. The summed E-state index contributed by atoms with van der Waals surface area (Å²) in [5.74, 6) is -0.601. The molecule has 0 radical (unpaired) electrons. The van der Waals surface area contributed by atoms with Crippen LogP contribution in [-0.2, 0) is 14.6 Å². The lowest BCUT2D eigenvalue weighted by Crippen LogP contribution is -2.34. The van der Waals surface area contributed by atoms with Gasteiger partial charge in [0.05, 0.1) is 10.9 Å². The molecule has 0 spiro atoms. The van der Waals surface area contributed by atoms with Gasteiger partial charge in [0, 0.05) is 19.8 Å². The number of anilines is 1. The number of benzene rings is 2. The summed E-state index contributed by atoms with van der Waals surface area (Å²) in [6.07, 6.45) is 2.11. The highest BCUT2D eigenvalue weighted by Gasteiger charge is 2.34. The van der Waals surface area contributed by atoms with Gasteiger partial charge in [-0.25, -0.2) is 8.42 Å². The zero-order valence-electron chi connectivity index (χ0n) is 15.1. The van der Waals surface area contributed by atoms with Gasteiger partial charge < -0.3 is 10.2 Å². The first-order valence-electron chi connectivity index (χ1n) is 8.71. The summed E-state index contributed by atoms with van der Waals surface area (Å²) in [5.41, 5.74) is 1.93. The van der Waals surface area contributed by atoms with Crippen molar-refractivity contribution in [2.24, 2.45) is 5.92 Å². The minimum atomic E-state index is -3.67. The molecule has 1 saturated carbocycles. The van der Waals surface area contributed by atoms with Gasteiger partial charge in [-0.2, -0.15) is 0 Å². The lowest BCUT2D eigenvalue weighted by molar-refractivity contribution is -0.119. The van der Waals surface area contributed by atoms with E-state index in [4.69, 9.17) is 0 Å². The second-order valence-electron chi connectivity index (χ2n) is 6.94. The molecule has 0 heterocycles. The summed E-state index contributed by atoms with van der Waals surface area (Å²) in [6, 6.07) is 16.2. The molecule has 6 heteroatoms. The quantitative estimate of drug-likeness (QED) is 0.812. The Hall–Kier alpha value is -2.34. The molecule has 1 N–H and O–H groups in total. The average molecular weight is 372 g/mol. The molecule has 1 aliphatic rings. The second kappa shape index (κ2) is 7.50. The summed E-state index contributed by atoms with van der Waals surface area (Å²) >= 11 is 0. The molecule has 2 aromatic carbocycles. The van der Waals surface area contributed by atoms with E-state index in [-0.39, 0.29) is 10.9 Å². The second-order valence-corrected chi connectivity index (χ2v) is 8.93. The van der Waals surface area contributed by atoms with Gasteiger partial charge in [0.2, 0.25) is 5.91 Å². The van der Waals surface area contributed by atoms with Gasteiger partial charge in [0.25, 0.3) is 0 Å². The molecule has 0 saturated heterocycles. The van der Waals surface area contributed by atoms with E-state index in [0.717, 1.165) is 24.1 Å². The molecule has 1 unspecified atom stereocenters. The third kappa shape index (κ3) is 4.43. The van der Waals surface area contributed by atoms with E-state index in [1.807, 2.05) is 49.3 Å². The Morgan fingerprint density at radius 3 is 2.23 bits per heavy atom. The van der Waals surface area contributed by atoms with Crippen molar-refractivity contribution >= 4 is 21.4 Å². The Bertz CT molecular complexity index is 858. The molecule has 1 atom stereocenters. The van der Waals surface area contributed by atoms with Crippen molar-refractivity contribution in [1.82, 2.24) is 5.32 Å². The zero-order chi connectivity index (χ0) is 18.7. The van der Waals surface area contributed by atoms with Crippen molar-refractivity contribution in [2.45, 2.75) is 23.8 Å². The fourth-order valence-electron chi connectivity index (χ4n) is 2.99. The standard InChI is InChI=1S/C20H24N2O3S/c1-22(2)17-10-12-18(13-11-17)26(24,25)14-19(23)21-20(16-8-9-16)15-6-4-3-5-7-15/h3-7,10-13,16,20H,8-9,14H2,1-2H3,(H,21,23). The van der Waals surface area contributed by atoms with Crippen LogP contribution in [0.5, 0.6) is 0 Å². The van der Waals surface area contributed by atoms with Crippen LogP contribution in [0, 0.1) is 5.92 Å². The average Bonchev–Trinajstić information content (AvgIpc) is 3.45. The van der Waals surface area contributed by atoms with E-state index in [1.165, 1.54) is 0 Å². The highest BCUT2D eigenvalue weighted by atomic mass is 32.2. The van der Waals surface area contributed by atoms with Gasteiger partial charge in [-0.05, 0) is 48.6 Å². The fraction of sp³-hybridized carbons (Fsp3) is 0.350. The highest BCUT2D eigenvalue weighted by molar-refractivity contribution is 7.92. The predicted molar refractivity (Wildman–Crippen MR) is 103 cm³/mol. The summed E-state index contributed by atoms with van der Waals surface area (Å²) < 4.78 is 25.1. The predicted octanol–water partition coefficient (Wildman–Crippen LogP) is 2.79. The molecule has 138 valence electrons. The van der Waals surface area contributed by atoms with Crippen LogP contribution in [0.15, 0.2) is 59.5 Å². The molecule has 0 aromatic heterocycles. The fourth-order valence-corrected chi connectivity index (χ4v) is 4.13. The largest absolute Gasteiger partial charge is 0.378 e. The summed E-state index contributed by atoms with van der Waals surface area (Å²) in [6.45, 7) is 0. The van der Waals surface area contributed by atoms with E-state index in [2.05, 4.69) is 5.32 Å². The first-order chi connectivity index (χ1) is 12.4. The van der Waals surface area contributed by atoms with E-state index < -0.39 is 21.5 Å². The molecule has 1 aliphatic carbocycles. The molecule has 3 rings (SSSR count). The smallest absolute Gasteiger partial charge is 0.236 e.